The van der Waals surface area contributed by atoms with Gasteiger partial charge in [0.15, 0.2) is 6.61 Å². The lowest BCUT2D eigenvalue weighted by molar-refractivity contribution is -0.153. The van der Waals surface area contributed by atoms with E-state index in [1.807, 2.05) is 0 Å². The molecule has 0 saturated carbocycles. The average molecular weight is 390 g/mol. The second-order valence-electron chi connectivity index (χ2n) is 4.11. The molecule has 1 rings (SSSR count). The van der Waals surface area contributed by atoms with Gasteiger partial charge in [-0.15, -0.1) is 0 Å². The normalized spacial score (nSPS) is 11.0. The molecule has 22 heavy (non-hydrogen) atoms. The number of alkyl halides is 2. The minimum Gasteiger partial charge on any atom is -0.480 e. The van der Waals surface area contributed by atoms with Crippen molar-refractivity contribution in [1.82, 2.24) is 0 Å². The summed E-state index contributed by atoms with van der Waals surface area (Å²) >= 11 is 22.6. The average Bonchev–Trinajstić information content (AvgIpc) is 2.41. The first-order chi connectivity index (χ1) is 10.2. The van der Waals surface area contributed by atoms with E-state index in [0.717, 1.165) is 0 Å². The summed E-state index contributed by atoms with van der Waals surface area (Å²) in [5.41, 5.74) is 0. The second kappa shape index (κ2) is 8.67. The molecule has 0 spiro atoms. The van der Waals surface area contributed by atoms with Crippen LogP contribution in [0, 0.1) is 0 Å². The van der Waals surface area contributed by atoms with E-state index < -0.39 is 16.3 Å². The predicted octanol–water partition coefficient (Wildman–Crippen LogP) is 3.65. The highest BCUT2D eigenvalue weighted by Crippen LogP contribution is 2.27. The van der Waals surface area contributed by atoms with Crippen molar-refractivity contribution in [3.05, 3.63) is 28.2 Å². The molecule has 0 radical (unpaired) electrons. The number of rotatable bonds is 7. The number of benzene rings is 1. The van der Waals surface area contributed by atoms with Crippen molar-refractivity contribution in [1.29, 1.82) is 0 Å². The molecule has 1 aromatic rings. The van der Waals surface area contributed by atoms with E-state index in [1.165, 1.54) is 19.1 Å². The van der Waals surface area contributed by atoms with Gasteiger partial charge in [0, 0.05) is 5.02 Å². The fourth-order valence-electron chi connectivity index (χ4n) is 1.19. The molecule has 0 aliphatic carbocycles. The van der Waals surface area contributed by atoms with Crippen LogP contribution >= 0.6 is 46.4 Å². The number of halogens is 4. The minimum atomic E-state index is -1.64. The summed E-state index contributed by atoms with van der Waals surface area (Å²) in [4.78, 5) is 22.6. The van der Waals surface area contributed by atoms with E-state index >= 15 is 0 Å². The fourth-order valence-corrected chi connectivity index (χ4v) is 1.76. The third-order valence-electron chi connectivity index (χ3n) is 2.18. The van der Waals surface area contributed by atoms with Crippen LogP contribution in [0.1, 0.15) is 6.92 Å². The van der Waals surface area contributed by atoms with Crippen LogP contribution in [0.3, 0.4) is 0 Å². The van der Waals surface area contributed by atoms with Crippen molar-refractivity contribution in [2.75, 3.05) is 19.8 Å². The maximum absolute atomic E-state index is 11.4. The molecule has 0 heterocycles. The lowest BCUT2D eigenvalue weighted by atomic mass is 10.3. The van der Waals surface area contributed by atoms with Gasteiger partial charge in [0.1, 0.15) is 19.0 Å². The Morgan fingerprint density at radius 3 is 2.36 bits per heavy atom. The quantitative estimate of drug-likeness (QED) is 0.404. The Hall–Kier alpha value is -0.880. The number of hydrogen-bond acceptors (Lipinski definition) is 5. The first-order valence-corrected chi connectivity index (χ1v) is 7.50. The molecule has 0 amide bonds. The highest BCUT2D eigenvalue weighted by molar-refractivity contribution is 6.57. The summed E-state index contributed by atoms with van der Waals surface area (Å²) in [5, 5.41) is 0.727. The van der Waals surface area contributed by atoms with Gasteiger partial charge in [-0.05, 0) is 25.1 Å². The van der Waals surface area contributed by atoms with Crippen molar-refractivity contribution in [3.8, 4) is 5.75 Å². The first-order valence-electron chi connectivity index (χ1n) is 5.98. The summed E-state index contributed by atoms with van der Waals surface area (Å²) in [7, 11) is 0. The molecule has 0 unspecified atom stereocenters. The molecule has 0 aliphatic heterocycles. The predicted molar refractivity (Wildman–Crippen MR) is 84.0 cm³/mol. The molecule has 0 bridgehead atoms. The Kier molecular flexibility index (Phi) is 7.56. The molecular formula is C13H12Cl4O5. The van der Waals surface area contributed by atoms with E-state index in [4.69, 9.17) is 60.6 Å². The molecule has 0 aromatic heterocycles. The molecule has 5 nitrogen and oxygen atoms in total. The molecule has 0 saturated heterocycles. The van der Waals surface area contributed by atoms with E-state index in [-0.39, 0.29) is 24.8 Å². The van der Waals surface area contributed by atoms with E-state index in [9.17, 15) is 9.59 Å². The van der Waals surface area contributed by atoms with Gasteiger partial charge in [-0.2, -0.15) is 0 Å². The zero-order valence-corrected chi connectivity index (χ0v) is 14.4. The van der Waals surface area contributed by atoms with Gasteiger partial charge in [-0.1, -0.05) is 46.4 Å². The number of hydrogen-bond donors (Lipinski definition) is 0. The Morgan fingerprint density at radius 1 is 1.14 bits per heavy atom. The van der Waals surface area contributed by atoms with Crippen molar-refractivity contribution < 1.29 is 23.8 Å². The second-order valence-corrected chi connectivity index (χ2v) is 6.66. The van der Waals surface area contributed by atoms with Crippen molar-refractivity contribution in [2.45, 2.75) is 11.3 Å². The fraction of sp³-hybridized carbons (Fsp3) is 0.385. The molecule has 0 aliphatic rings. The largest absolute Gasteiger partial charge is 0.480 e. The van der Waals surface area contributed by atoms with Gasteiger partial charge in [0.2, 0.25) is 4.33 Å². The van der Waals surface area contributed by atoms with Crippen LogP contribution in [0.4, 0.5) is 0 Å². The smallest absolute Gasteiger partial charge is 0.344 e. The van der Waals surface area contributed by atoms with E-state index in [2.05, 4.69) is 0 Å². The van der Waals surface area contributed by atoms with Crippen LogP contribution in [-0.4, -0.2) is 36.1 Å². The summed E-state index contributed by atoms with van der Waals surface area (Å²) < 4.78 is 13.0. The highest BCUT2D eigenvalue weighted by Gasteiger charge is 2.29. The Bertz CT molecular complexity index is 542. The van der Waals surface area contributed by atoms with Crippen molar-refractivity contribution in [3.63, 3.8) is 0 Å². The molecule has 0 atom stereocenters. The number of esters is 2. The van der Waals surface area contributed by atoms with Gasteiger partial charge >= 0.3 is 11.9 Å². The molecule has 1 aromatic carbocycles. The van der Waals surface area contributed by atoms with Crippen LogP contribution in [-0.2, 0) is 19.1 Å². The third kappa shape index (κ3) is 6.92. The van der Waals surface area contributed by atoms with Crippen LogP contribution in [0.15, 0.2) is 18.2 Å². The summed E-state index contributed by atoms with van der Waals surface area (Å²) in [6, 6.07) is 4.59. The van der Waals surface area contributed by atoms with Gasteiger partial charge in [-0.25, -0.2) is 9.59 Å². The Balaban J connectivity index is 2.25. The number of carbonyl (C=O) groups excluding carboxylic acids is 2. The Morgan fingerprint density at radius 2 is 1.77 bits per heavy atom. The van der Waals surface area contributed by atoms with Crippen LogP contribution < -0.4 is 4.74 Å². The van der Waals surface area contributed by atoms with Crippen molar-refractivity contribution >= 4 is 58.3 Å². The highest BCUT2D eigenvalue weighted by atomic mass is 35.5. The SMILES string of the molecule is CC(Cl)(Cl)C(=O)OCCOC(=O)COc1ccc(Cl)cc1Cl. The van der Waals surface area contributed by atoms with Crippen molar-refractivity contribution in [2.24, 2.45) is 0 Å². The first kappa shape index (κ1) is 19.2. The zero-order chi connectivity index (χ0) is 16.8. The zero-order valence-electron chi connectivity index (χ0n) is 11.4. The number of carbonyl (C=O) groups is 2. The Labute approximate surface area is 147 Å². The van der Waals surface area contributed by atoms with Crippen LogP contribution in [0.2, 0.25) is 10.0 Å². The monoisotopic (exact) mass is 388 g/mol. The molecular weight excluding hydrogens is 378 g/mol. The standard InChI is InChI=1S/C13H12Cl4O5/c1-13(16,17)12(19)21-5-4-20-11(18)7-22-10-3-2-8(14)6-9(10)15/h2-3,6H,4-5,7H2,1H3. The topological polar surface area (TPSA) is 61.8 Å². The molecule has 0 fully saturated rings. The minimum absolute atomic E-state index is 0.147. The van der Waals surface area contributed by atoms with E-state index in [0.29, 0.717) is 10.8 Å². The van der Waals surface area contributed by atoms with E-state index in [1.54, 1.807) is 6.07 Å². The third-order valence-corrected chi connectivity index (χ3v) is 3.02. The molecule has 9 heteroatoms. The maximum atomic E-state index is 11.4. The number of ether oxygens (including phenoxy) is 3. The summed E-state index contributed by atoms with van der Waals surface area (Å²) in [6.07, 6.45) is 0. The van der Waals surface area contributed by atoms with Crippen LogP contribution in [0.25, 0.3) is 0 Å². The lowest BCUT2D eigenvalue weighted by Gasteiger charge is -2.12. The van der Waals surface area contributed by atoms with Gasteiger partial charge in [0.25, 0.3) is 0 Å². The molecule has 0 N–H and O–H groups in total. The molecule has 122 valence electrons. The lowest BCUT2D eigenvalue weighted by Crippen LogP contribution is -2.26. The maximum Gasteiger partial charge on any atom is 0.344 e. The van der Waals surface area contributed by atoms with Crippen LogP contribution in [0.5, 0.6) is 5.75 Å². The van der Waals surface area contributed by atoms with Gasteiger partial charge in [0.05, 0.1) is 5.02 Å². The van der Waals surface area contributed by atoms with Gasteiger partial charge in [-0.3, -0.25) is 0 Å². The van der Waals surface area contributed by atoms with Gasteiger partial charge < -0.3 is 14.2 Å². The summed E-state index contributed by atoms with van der Waals surface area (Å²) in [5.74, 6) is -1.17. The summed E-state index contributed by atoms with van der Waals surface area (Å²) in [6.45, 7) is 0.611.